The summed E-state index contributed by atoms with van der Waals surface area (Å²) < 4.78 is 0. The SMILES string of the molecule is [CH2]c1cccc(-c2ccccc2CCCCCCCC)c1-c1ccccc1CCCCCCCC. The fourth-order valence-electron chi connectivity index (χ4n) is 5.32. The Bertz CT molecular complexity index is 996. The molecule has 35 heavy (non-hydrogen) atoms. The van der Waals surface area contributed by atoms with Gasteiger partial charge in [-0.3, -0.25) is 0 Å². The van der Waals surface area contributed by atoms with E-state index in [4.69, 9.17) is 0 Å². The first-order valence-corrected chi connectivity index (χ1v) is 14.4. The van der Waals surface area contributed by atoms with Crippen LogP contribution in [0, 0.1) is 6.92 Å². The molecule has 3 aromatic carbocycles. The molecular formula is C35H47. The normalized spacial score (nSPS) is 11.2. The quantitative estimate of drug-likeness (QED) is 0.184. The van der Waals surface area contributed by atoms with Crippen molar-refractivity contribution in [2.75, 3.05) is 0 Å². The van der Waals surface area contributed by atoms with E-state index in [1.807, 2.05) is 0 Å². The summed E-state index contributed by atoms with van der Waals surface area (Å²) in [7, 11) is 0. The second-order valence-electron chi connectivity index (χ2n) is 10.2. The van der Waals surface area contributed by atoms with Crippen LogP contribution in [-0.2, 0) is 12.8 Å². The van der Waals surface area contributed by atoms with E-state index in [2.05, 4.69) is 87.5 Å². The lowest BCUT2D eigenvalue weighted by Gasteiger charge is -2.19. The van der Waals surface area contributed by atoms with Crippen LogP contribution in [0.25, 0.3) is 22.3 Å². The first kappa shape index (κ1) is 27.3. The minimum absolute atomic E-state index is 1.13. The lowest BCUT2D eigenvalue weighted by atomic mass is 9.85. The van der Waals surface area contributed by atoms with Crippen molar-refractivity contribution < 1.29 is 0 Å². The molecule has 0 fully saturated rings. The van der Waals surface area contributed by atoms with Gasteiger partial charge in [-0.15, -0.1) is 0 Å². The summed E-state index contributed by atoms with van der Waals surface area (Å²) in [6.07, 6.45) is 18.3. The smallest absolute Gasteiger partial charge is 0.00703 e. The predicted octanol–water partition coefficient (Wildman–Crippen LogP) is 11.0. The van der Waals surface area contributed by atoms with E-state index in [1.165, 1.54) is 110 Å². The molecule has 0 bridgehead atoms. The molecule has 1 radical (unpaired) electrons. The average molecular weight is 468 g/mol. The molecule has 0 N–H and O–H groups in total. The topological polar surface area (TPSA) is 0 Å². The van der Waals surface area contributed by atoms with Gasteiger partial charge in [0, 0.05) is 0 Å². The van der Waals surface area contributed by atoms with Gasteiger partial charge in [-0.2, -0.15) is 0 Å². The van der Waals surface area contributed by atoms with Gasteiger partial charge in [-0.25, -0.2) is 0 Å². The van der Waals surface area contributed by atoms with Crippen LogP contribution in [0.4, 0.5) is 0 Å². The zero-order valence-electron chi connectivity index (χ0n) is 22.5. The van der Waals surface area contributed by atoms with Gasteiger partial charge >= 0.3 is 0 Å². The Morgan fingerprint density at radius 2 is 0.914 bits per heavy atom. The maximum atomic E-state index is 4.49. The Hall–Kier alpha value is -2.34. The highest BCUT2D eigenvalue weighted by Gasteiger charge is 2.15. The molecule has 0 unspecified atom stereocenters. The molecule has 0 aliphatic heterocycles. The molecule has 0 heterocycles. The first-order chi connectivity index (χ1) is 17.3. The maximum Gasteiger partial charge on any atom is -0.00703 e. The summed E-state index contributed by atoms with van der Waals surface area (Å²) in [5, 5.41) is 0. The Labute approximate surface area is 216 Å². The standard InChI is InChI=1S/C35H47/c1-4-6-8-10-12-14-22-30-24-16-18-26-32(30)34-28-20-21-29(3)35(34)33-27-19-17-25-31(33)23-15-13-11-9-7-5-2/h16-21,24-28H,3-15,22-23H2,1-2H3. The van der Waals surface area contributed by atoms with E-state index in [-0.39, 0.29) is 0 Å². The Balaban J connectivity index is 1.82. The van der Waals surface area contributed by atoms with Crippen LogP contribution in [0.2, 0.25) is 0 Å². The predicted molar refractivity (Wildman–Crippen MR) is 156 cm³/mol. The minimum Gasteiger partial charge on any atom is -0.0654 e. The molecule has 0 aliphatic rings. The molecule has 0 saturated heterocycles. The number of hydrogen-bond acceptors (Lipinski definition) is 0. The van der Waals surface area contributed by atoms with E-state index in [0.717, 1.165) is 18.4 Å². The van der Waals surface area contributed by atoms with Crippen molar-refractivity contribution in [2.45, 2.75) is 104 Å². The summed E-state index contributed by atoms with van der Waals surface area (Å²) in [4.78, 5) is 0. The highest BCUT2D eigenvalue weighted by atomic mass is 14.2. The van der Waals surface area contributed by atoms with Crippen molar-refractivity contribution in [3.63, 3.8) is 0 Å². The van der Waals surface area contributed by atoms with Crippen molar-refractivity contribution in [1.29, 1.82) is 0 Å². The Kier molecular flexibility index (Phi) is 12.2. The molecule has 187 valence electrons. The molecule has 3 aromatic rings. The second kappa shape index (κ2) is 15.6. The summed E-state index contributed by atoms with van der Waals surface area (Å²) in [5.41, 5.74) is 9.50. The zero-order valence-corrected chi connectivity index (χ0v) is 22.5. The Morgan fingerprint density at radius 1 is 0.457 bits per heavy atom. The first-order valence-electron chi connectivity index (χ1n) is 14.4. The van der Waals surface area contributed by atoms with Crippen molar-refractivity contribution in [3.05, 3.63) is 90.3 Å². The molecular weight excluding hydrogens is 420 g/mol. The highest BCUT2D eigenvalue weighted by Crippen LogP contribution is 2.38. The van der Waals surface area contributed by atoms with E-state index >= 15 is 0 Å². The van der Waals surface area contributed by atoms with Crippen LogP contribution in [0.1, 0.15) is 108 Å². The molecule has 0 aliphatic carbocycles. The van der Waals surface area contributed by atoms with Crippen LogP contribution in [0.5, 0.6) is 0 Å². The Morgan fingerprint density at radius 3 is 1.51 bits per heavy atom. The van der Waals surface area contributed by atoms with Gasteiger partial charge in [-0.1, -0.05) is 145 Å². The lowest BCUT2D eigenvalue weighted by molar-refractivity contribution is 0.607. The van der Waals surface area contributed by atoms with Gasteiger partial charge in [0.2, 0.25) is 0 Å². The average Bonchev–Trinajstić information content (AvgIpc) is 2.89. The van der Waals surface area contributed by atoms with Crippen LogP contribution >= 0.6 is 0 Å². The van der Waals surface area contributed by atoms with Gasteiger partial charge in [0.25, 0.3) is 0 Å². The summed E-state index contributed by atoms with van der Waals surface area (Å²) in [5.74, 6) is 0. The molecule has 0 heteroatoms. The number of rotatable bonds is 16. The molecule has 0 spiro atoms. The molecule has 0 aromatic heterocycles. The third-order valence-electron chi connectivity index (χ3n) is 7.34. The van der Waals surface area contributed by atoms with E-state index in [1.54, 1.807) is 0 Å². The fraction of sp³-hybridized carbons (Fsp3) is 0.457. The van der Waals surface area contributed by atoms with Crippen LogP contribution in [0.3, 0.4) is 0 Å². The van der Waals surface area contributed by atoms with Crippen molar-refractivity contribution >= 4 is 0 Å². The van der Waals surface area contributed by atoms with Gasteiger partial charge in [0.15, 0.2) is 0 Å². The fourth-order valence-corrected chi connectivity index (χ4v) is 5.32. The highest BCUT2D eigenvalue weighted by molar-refractivity contribution is 5.88. The van der Waals surface area contributed by atoms with Gasteiger partial charge in [0.1, 0.15) is 0 Å². The van der Waals surface area contributed by atoms with Gasteiger partial charge < -0.3 is 0 Å². The minimum atomic E-state index is 1.13. The largest absolute Gasteiger partial charge is 0.0654 e. The van der Waals surface area contributed by atoms with Crippen molar-refractivity contribution in [2.24, 2.45) is 0 Å². The third-order valence-corrected chi connectivity index (χ3v) is 7.34. The molecule has 0 amide bonds. The summed E-state index contributed by atoms with van der Waals surface area (Å²) in [6, 6.07) is 24.8. The lowest BCUT2D eigenvalue weighted by Crippen LogP contribution is -1.97. The molecule has 3 rings (SSSR count). The van der Waals surface area contributed by atoms with Gasteiger partial charge in [-0.05, 0) is 71.6 Å². The third kappa shape index (κ3) is 8.38. The van der Waals surface area contributed by atoms with E-state index in [9.17, 15) is 0 Å². The number of aryl methyl sites for hydroxylation is 2. The van der Waals surface area contributed by atoms with E-state index < -0.39 is 0 Å². The van der Waals surface area contributed by atoms with Crippen molar-refractivity contribution in [3.8, 4) is 22.3 Å². The monoisotopic (exact) mass is 467 g/mol. The van der Waals surface area contributed by atoms with E-state index in [0.29, 0.717) is 0 Å². The summed E-state index contributed by atoms with van der Waals surface area (Å²) >= 11 is 0. The number of hydrogen-bond donors (Lipinski definition) is 0. The van der Waals surface area contributed by atoms with Crippen LogP contribution < -0.4 is 0 Å². The second-order valence-corrected chi connectivity index (χ2v) is 10.2. The number of benzene rings is 3. The van der Waals surface area contributed by atoms with Gasteiger partial charge in [0.05, 0.1) is 0 Å². The molecule has 0 nitrogen and oxygen atoms in total. The molecule has 0 atom stereocenters. The van der Waals surface area contributed by atoms with Crippen molar-refractivity contribution in [1.82, 2.24) is 0 Å². The van der Waals surface area contributed by atoms with Crippen LogP contribution in [0.15, 0.2) is 66.7 Å². The zero-order chi connectivity index (χ0) is 24.7. The van der Waals surface area contributed by atoms with Crippen LogP contribution in [-0.4, -0.2) is 0 Å². The number of unbranched alkanes of at least 4 members (excludes halogenated alkanes) is 10. The molecule has 0 saturated carbocycles. The maximum absolute atomic E-state index is 4.49. The summed E-state index contributed by atoms with van der Waals surface area (Å²) in [6.45, 7) is 9.06.